The summed E-state index contributed by atoms with van der Waals surface area (Å²) in [7, 11) is -3.65. The lowest BCUT2D eigenvalue weighted by atomic mass is 9.95. The van der Waals surface area contributed by atoms with E-state index in [4.69, 9.17) is 11.6 Å². The van der Waals surface area contributed by atoms with Gasteiger partial charge in [0.25, 0.3) is 0 Å². The monoisotopic (exact) mass is 371 g/mol. The minimum atomic E-state index is -3.65. The van der Waals surface area contributed by atoms with Gasteiger partial charge in [0, 0.05) is 17.6 Å². The third kappa shape index (κ3) is 4.73. The zero-order valence-electron chi connectivity index (χ0n) is 14.5. The van der Waals surface area contributed by atoms with Crippen LogP contribution in [-0.2, 0) is 14.6 Å². The smallest absolute Gasteiger partial charge is 0.238 e. The van der Waals surface area contributed by atoms with Crippen molar-refractivity contribution in [3.05, 3.63) is 29.3 Å². The van der Waals surface area contributed by atoms with Crippen molar-refractivity contribution in [2.75, 3.05) is 12.3 Å². The molecule has 1 aromatic rings. The average molecular weight is 372 g/mol. The Bertz CT molecular complexity index is 670. The first-order valence-corrected chi connectivity index (χ1v) is 10.5. The van der Waals surface area contributed by atoms with Crippen LogP contribution < -0.4 is 0 Å². The highest BCUT2D eigenvalue weighted by Gasteiger charge is 2.32. The molecule has 0 radical (unpaired) electrons. The summed E-state index contributed by atoms with van der Waals surface area (Å²) in [5.41, 5.74) is 0. The molecular weight excluding hydrogens is 346 g/mol. The van der Waals surface area contributed by atoms with Gasteiger partial charge >= 0.3 is 0 Å². The molecule has 1 heterocycles. The molecule has 0 aromatic heterocycles. The van der Waals surface area contributed by atoms with Gasteiger partial charge in [-0.05, 0) is 55.4 Å². The molecule has 1 saturated heterocycles. The van der Waals surface area contributed by atoms with Gasteiger partial charge in [-0.2, -0.15) is 0 Å². The summed E-state index contributed by atoms with van der Waals surface area (Å²) in [6.45, 7) is 7.01. The maximum Gasteiger partial charge on any atom is 0.238 e. The van der Waals surface area contributed by atoms with Crippen molar-refractivity contribution < 1.29 is 13.2 Å². The maximum atomic E-state index is 12.7. The molecule has 2 unspecified atom stereocenters. The number of likely N-dealkylation sites (tertiary alicyclic amines) is 1. The van der Waals surface area contributed by atoms with E-state index in [-0.39, 0.29) is 16.8 Å². The predicted molar refractivity (Wildman–Crippen MR) is 96.9 cm³/mol. The van der Waals surface area contributed by atoms with Crippen molar-refractivity contribution in [3.8, 4) is 0 Å². The molecule has 1 aliphatic heterocycles. The van der Waals surface area contributed by atoms with Crippen molar-refractivity contribution in [2.45, 2.75) is 51.0 Å². The van der Waals surface area contributed by atoms with Crippen LogP contribution >= 0.6 is 11.6 Å². The van der Waals surface area contributed by atoms with Gasteiger partial charge in [-0.25, -0.2) is 8.42 Å². The molecule has 2 atom stereocenters. The van der Waals surface area contributed by atoms with Gasteiger partial charge in [-0.1, -0.05) is 32.4 Å². The zero-order valence-corrected chi connectivity index (χ0v) is 16.1. The minimum absolute atomic E-state index is 0.114. The first kappa shape index (κ1) is 19.3. The molecule has 24 heavy (non-hydrogen) atoms. The summed E-state index contributed by atoms with van der Waals surface area (Å²) < 4.78 is 25.1. The van der Waals surface area contributed by atoms with Crippen LogP contribution in [0, 0.1) is 11.8 Å². The van der Waals surface area contributed by atoms with Gasteiger partial charge in [0.05, 0.1) is 4.90 Å². The number of hydrogen-bond acceptors (Lipinski definition) is 3. The highest BCUT2D eigenvalue weighted by Crippen LogP contribution is 2.26. The number of carbonyl (C=O) groups is 1. The summed E-state index contributed by atoms with van der Waals surface area (Å²) in [5, 5.41) is 0.474. The normalized spacial score (nSPS) is 22.5. The highest BCUT2D eigenvalue weighted by molar-refractivity contribution is 7.92. The van der Waals surface area contributed by atoms with E-state index in [1.54, 1.807) is 4.90 Å². The lowest BCUT2D eigenvalue weighted by Gasteiger charge is -2.33. The summed E-state index contributed by atoms with van der Waals surface area (Å²) in [6, 6.07) is 6.08. The molecule has 1 aromatic carbocycles. The minimum Gasteiger partial charge on any atom is -0.339 e. The molecule has 1 fully saturated rings. The second-order valence-corrected chi connectivity index (χ2v) is 9.51. The number of nitrogens with zero attached hydrogens (tertiary/aromatic N) is 1. The Morgan fingerprint density at radius 2 is 1.83 bits per heavy atom. The first-order valence-electron chi connectivity index (χ1n) is 8.48. The second kappa shape index (κ2) is 7.87. The van der Waals surface area contributed by atoms with E-state index in [1.807, 2.05) is 0 Å². The van der Waals surface area contributed by atoms with E-state index in [9.17, 15) is 13.2 Å². The summed E-state index contributed by atoms with van der Waals surface area (Å²) in [6.07, 6.45) is 2.94. The largest absolute Gasteiger partial charge is 0.339 e. The van der Waals surface area contributed by atoms with E-state index in [2.05, 4.69) is 20.8 Å². The van der Waals surface area contributed by atoms with Gasteiger partial charge in [0.2, 0.25) is 5.91 Å². The Labute approximate surface area is 150 Å². The Balaban J connectivity index is 2.18. The molecule has 0 aliphatic carbocycles. The Kier molecular flexibility index (Phi) is 6.32. The van der Waals surface area contributed by atoms with Crippen molar-refractivity contribution in [3.63, 3.8) is 0 Å². The number of hydrogen-bond donors (Lipinski definition) is 0. The third-order valence-electron chi connectivity index (χ3n) is 4.79. The summed E-state index contributed by atoms with van der Waals surface area (Å²) in [4.78, 5) is 14.7. The van der Waals surface area contributed by atoms with E-state index in [1.165, 1.54) is 24.3 Å². The molecule has 1 amide bonds. The number of halogens is 1. The molecule has 6 heteroatoms. The molecule has 0 bridgehead atoms. The highest BCUT2D eigenvalue weighted by atomic mass is 35.5. The summed E-state index contributed by atoms with van der Waals surface area (Å²) in [5.74, 6) is 0.110. The van der Waals surface area contributed by atoms with Gasteiger partial charge in [0.15, 0.2) is 9.84 Å². The molecule has 1 aliphatic rings. The van der Waals surface area contributed by atoms with E-state index in [0.29, 0.717) is 23.4 Å². The summed E-state index contributed by atoms with van der Waals surface area (Å²) >= 11 is 5.80. The molecular formula is C18H26ClNO3S. The van der Waals surface area contributed by atoms with Crippen LogP contribution in [-0.4, -0.2) is 37.6 Å². The molecule has 134 valence electrons. The van der Waals surface area contributed by atoms with Crippen LogP contribution in [0.5, 0.6) is 0 Å². The van der Waals surface area contributed by atoms with Crippen LogP contribution in [0.4, 0.5) is 0 Å². The maximum absolute atomic E-state index is 12.7. The Morgan fingerprint density at radius 3 is 2.42 bits per heavy atom. The van der Waals surface area contributed by atoms with E-state index >= 15 is 0 Å². The lowest BCUT2D eigenvalue weighted by Crippen LogP contribution is -2.45. The number of sulfone groups is 1. The van der Waals surface area contributed by atoms with Crippen molar-refractivity contribution in [1.82, 2.24) is 4.90 Å². The van der Waals surface area contributed by atoms with Gasteiger partial charge < -0.3 is 4.90 Å². The average Bonchev–Trinajstić information content (AvgIpc) is 2.69. The number of rotatable bonds is 4. The second-order valence-electron chi connectivity index (χ2n) is 7.08. The SMILES string of the molecule is CC1CCC(C(C)C)N(C(=O)CS(=O)(=O)c2ccc(Cl)cc2)CC1. The van der Waals surface area contributed by atoms with Gasteiger partial charge in [-0.15, -0.1) is 0 Å². The fraction of sp³-hybridized carbons (Fsp3) is 0.611. The van der Waals surface area contributed by atoms with Crippen molar-refractivity contribution >= 4 is 27.3 Å². The molecule has 0 N–H and O–H groups in total. The number of amides is 1. The quantitative estimate of drug-likeness (QED) is 0.809. The predicted octanol–water partition coefficient (Wildman–Crippen LogP) is 3.79. The number of benzene rings is 1. The van der Waals surface area contributed by atoms with Crippen LogP contribution in [0.25, 0.3) is 0 Å². The van der Waals surface area contributed by atoms with E-state index in [0.717, 1.165) is 19.3 Å². The number of carbonyl (C=O) groups excluding carboxylic acids is 1. The molecule has 0 spiro atoms. The lowest BCUT2D eigenvalue weighted by molar-refractivity contribution is -0.131. The Morgan fingerprint density at radius 1 is 1.21 bits per heavy atom. The molecule has 4 nitrogen and oxygen atoms in total. The fourth-order valence-electron chi connectivity index (χ4n) is 3.25. The topological polar surface area (TPSA) is 54.5 Å². The van der Waals surface area contributed by atoms with E-state index < -0.39 is 15.6 Å². The van der Waals surface area contributed by atoms with Crippen molar-refractivity contribution in [2.24, 2.45) is 11.8 Å². The standard InChI is InChI=1S/C18H26ClNO3S/c1-13(2)17-9-4-14(3)10-11-20(17)18(21)12-24(22,23)16-7-5-15(19)6-8-16/h5-8,13-14,17H,4,9-12H2,1-3H3. The fourth-order valence-corrected chi connectivity index (χ4v) is 4.59. The van der Waals surface area contributed by atoms with Crippen LogP contribution in [0.1, 0.15) is 40.0 Å². The van der Waals surface area contributed by atoms with Crippen LogP contribution in [0.3, 0.4) is 0 Å². The van der Waals surface area contributed by atoms with Gasteiger partial charge in [0.1, 0.15) is 5.75 Å². The third-order valence-corrected chi connectivity index (χ3v) is 6.66. The first-order chi connectivity index (χ1) is 11.2. The molecule has 0 saturated carbocycles. The molecule has 2 rings (SSSR count). The van der Waals surface area contributed by atoms with Crippen LogP contribution in [0.2, 0.25) is 5.02 Å². The van der Waals surface area contributed by atoms with Crippen LogP contribution in [0.15, 0.2) is 29.2 Å². The zero-order chi connectivity index (χ0) is 17.9. The Hall–Kier alpha value is -1.07. The van der Waals surface area contributed by atoms with Gasteiger partial charge in [-0.3, -0.25) is 4.79 Å². The van der Waals surface area contributed by atoms with Crippen molar-refractivity contribution in [1.29, 1.82) is 0 Å².